The second-order valence-electron chi connectivity index (χ2n) is 4.36. The van der Waals surface area contributed by atoms with Crippen molar-refractivity contribution in [3.8, 4) is 0 Å². The fraction of sp³-hybridized carbons (Fsp3) is 0.667. The first-order valence-corrected chi connectivity index (χ1v) is 8.32. The van der Waals surface area contributed by atoms with Crippen LogP contribution in [0.3, 0.4) is 0 Å². The molecule has 0 aliphatic heterocycles. The number of nitrogens with two attached hydrogens (primary N) is 1. The van der Waals surface area contributed by atoms with Crippen molar-refractivity contribution >= 4 is 39.0 Å². The number of rotatable bonds is 6. The van der Waals surface area contributed by atoms with Gasteiger partial charge in [-0.3, -0.25) is 0 Å². The lowest BCUT2D eigenvalue weighted by molar-refractivity contribution is 0.636. The molecule has 0 fully saturated rings. The molecule has 0 saturated heterocycles. The predicted octanol–water partition coefficient (Wildman–Crippen LogP) is 4.68. The van der Waals surface area contributed by atoms with Crippen molar-refractivity contribution in [3.63, 3.8) is 0 Å². The van der Waals surface area contributed by atoms with E-state index in [1.165, 1.54) is 14.4 Å². The maximum absolute atomic E-state index is 6.22. The zero-order chi connectivity index (χ0) is 12.1. The molecule has 0 aliphatic carbocycles. The quantitative estimate of drug-likeness (QED) is 0.823. The van der Waals surface area contributed by atoms with Crippen LogP contribution < -0.4 is 5.73 Å². The largest absolute Gasteiger partial charge is 0.326 e. The van der Waals surface area contributed by atoms with E-state index in [4.69, 9.17) is 5.73 Å². The van der Waals surface area contributed by atoms with Crippen LogP contribution >= 0.6 is 39.0 Å². The summed E-state index contributed by atoms with van der Waals surface area (Å²) in [5, 5.41) is 0.448. The Morgan fingerprint density at radius 1 is 1.44 bits per heavy atom. The minimum atomic E-state index is 0.259. The molecule has 16 heavy (non-hydrogen) atoms. The van der Waals surface area contributed by atoms with Crippen molar-refractivity contribution in [2.75, 3.05) is 5.75 Å². The topological polar surface area (TPSA) is 26.0 Å². The molecule has 2 unspecified atom stereocenters. The van der Waals surface area contributed by atoms with E-state index in [-0.39, 0.29) is 6.04 Å². The molecule has 1 aromatic rings. The molecule has 0 spiro atoms. The minimum absolute atomic E-state index is 0.259. The monoisotopic (exact) mass is 321 g/mol. The number of thioether (sulfide) groups is 1. The molecule has 0 saturated carbocycles. The van der Waals surface area contributed by atoms with E-state index in [2.05, 4.69) is 48.8 Å². The van der Waals surface area contributed by atoms with Crippen LogP contribution in [-0.2, 0) is 0 Å². The molecule has 1 rings (SSSR count). The summed E-state index contributed by atoms with van der Waals surface area (Å²) in [5.41, 5.74) is 6.22. The summed E-state index contributed by atoms with van der Waals surface area (Å²) in [4.78, 5) is 1.40. The molecule has 4 heteroatoms. The summed E-state index contributed by atoms with van der Waals surface area (Å²) in [6.07, 6.45) is 1.03. The highest BCUT2D eigenvalue weighted by molar-refractivity contribution is 9.11. The van der Waals surface area contributed by atoms with Crippen molar-refractivity contribution < 1.29 is 0 Å². The van der Waals surface area contributed by atoms with Gasteiger partial charge in [0.1, 0.15) is 0 Å². The summed E-state index contributed by atoms with van der Waals surface area (Å²) in [7, 11) is 0. The molecule has 0 bridgehead atoms. The fourth-order valence-corrected chi connectivity index (χ4v) is 4.51. The average Bonchev–Trinajstić information content (AvgIpc) is 2.64. The van der Waals surface area contributed by atoms with E-state index in [1.54, 1.807) is 0 Å². The van der Waals surface area contributed by atoms with Crippen molar-refractivity contribution in [2.45, 2.75) is 38.5 Å². The van der Waals surface area contributed by atoms with Gasteiger partial charge in [0.2, 0.25) is 0 Å². The fourth-order valence-electron chi connectivity index (χ4n) is 1.41. The van der Waals surface area contributed by atoms with Gasteiger partial charge >= 0.3 is 0 Å². The van der Waals surface area contributed by atoms with E-state index in [0.29, 0.717) is 5.25 Å². The van der Waals surface area contributed by atoms with E-state index >= 15 is 0 Å². The average molecular weight is 322 g/mol. The number of halogens is 1. The molecule has 92 valence electrons. The van der Waals surface area contributed by atoms with Crippen molar-refractivity contribution in [2.24, 2.45) is 11.7 Å². The Kier molecular flexibility index (Phi) is 6.40. The van der Waals surface area contributed by atoms with Gasteiger partial charge in [0.25, 0.3) is 0 Å². The Balaban J connectivity index is 2.71. The highest BCUT2D eigenvalue weighted by Crippen LogP contribution is 2.38. The molecule has 0 radical (unpaired) electrons. The maximum atomic E-state index is 6.22. The summed E-state index contributed by atoms with van der Waals surface area (Å²) in [6.45, 7) is 6.67. The van der Waals surface area contributed by atoms with Crippen LogP contribution in [0.15, 0.2) is 15.9 Å². The van der Waals surface area contributed by atoms with Crippen LogP contribution in [0.1, 0.15) is 37.3 Å². The first-order chi connectivity index (χ1) is 7.54. The van der Waals surface area contributed by atoms with Gasteiger partial charge in [-0.15, -0.1) is 11.3 Å². The molecule has 1 nitrogen and oxygen atoms in total. The second kappa shape index (κ2) is 7.04. The van der Waals surface area contributed by atoms with Gasteiger partial charge in [0.15, 0.2) is 0 Å². The third kappa shape index (κ3) is 4.40. The van der Waals surface area contributed by atoms with Crippen LogP contribution in [0, 0.1) is 5.92 Å². The zero-order valence-corrected chi connectivity index (χ0v) is 13.3. The van der Waals surface area contributed by atoms with Crippen LogP contribution in [0.5, 0.6) is 0 Å². The molecule has 2 N–H and O–H groups in total. The SMILES string of the molecule is CCC(N)C(SCC(C)C)c1ccc(Br)s1. The highest BCUT2D eigenvalue weighted by Gasteiger charge is 2.20. The van der Waals surface area contributed by atoms with Gasteiger partial charge in [0.05, 0.1) is 9.04 Å². The second-order valence-corrected chi connectivity index (χ2v) is 8.03. The zero-order valence-electron chi connectivity index (χ0n) is 10.1. The first kappa shape index (κ1) is 14.6. The van der Waals surface area contributed by atoms with Crippen LogP contribution in [0.4, 0.5) is 0 Å². The molecule has 1 heterocycles. The van der Waals surface area contributed by atoms with Crippen molar-refractivity contribution in [1.82, 2.24) is 0 Å². The number of hydrogen-bond donors (Lipinski definition) is 1. The highest BCUT2D eigenvalue weighted by atomic mass is 79.9. The lowest BCUT2D eigenvalue weighted by Gasteiger charge is -2.22. The van der Waals surface area contributed by atoms with E-state index in [1.807, 2.05) is 23.1 Å². The summed E-state index contributed by atoms with van der Waals surface area (Å²) < 4.78 is 1.20. The van der Waals surface area contributed by atoms with E-state index in [9.17, 15) is 0 Å². The van der Waals surface area contributed by atoms with Gasteiger partial charge < -0.3 is 5.73 Å². The molecule has 0 aliphatic rings. The van der Waals surface area contributed by atoms with Gasteiger partial charge in [-0.25, -0.2) is 0 Å². The predicted molar refractivity (Wildman–Crippen MR) is 80.3 cm³/mol. The number of hydrogen-bond acceptors (Lipinski definition) is 3. The maximum Gasteiger partial charge on any atom is 0.0701 e. The van der Waals surface area contributed by atoms with Crippen molar-refractivity contribution in [3.05, 3.63) is 20.8 Å². The molecule has 2 atom stereocenters. The summed E-state index contributed by atoms with van der Waals surface area (Å²) >= 11 is 7.32. The lowest BCUT2D eigenvalue weighted by Crippen LogP contribution is -2.25. The van der Waals surface area contributed by atoms with Crippen molar-refractivity contribution in [1.29, 1.82) is 0 Å². The van der Waals surface area contributed by atoms with Gasteiger partial charge in [-0.05, 0) is 46.2 Å². The first-order valence-electron chi connectivity index (χ1n) is 5.67. The number of thiophene rings is 1. The third-order valence-corrected chi connectivity index (χ3v) is 6.02. The van der Waals surface area contributed by atoms with Gasteiger partial charge in [0, 0.05) is 10.9 Å². The Labute approximate surface area is 115 Å². The van der Waals surface area contributed by atoms with Gasteiger partial charge in [-0.1, -0.05) is 20.8 Å². The molecular formula is C12H20BrNS2. The Hall–Kier alpha value is 0.490. The molecule has 1 aromatic heterocycles. The van der Waals surface area contributed by atoms with Crippen LogP contribution in [0.25, 0.3) is 0 Å². The lowest BCUT2D eigenvalue weighted by atomic mass is 10.1. The van der Waals surface area contributed by atoms with E-state index < -0.39 is 0 Å². The minimum Gasteiger partial charge on any atom is -0.326 e. The molecular weight excluding hydrogens is 302 g/mol. The molecule has 0 amide bonds. The smallest absolute Gasteiger partial charge is 0.0701 e. The van der Waals surface area contributed by atoms with Crippen LogP contribution in [0.2, 0.25) is 0 Å². The summed E-state index contributed by atoms with van der Waals surface area (Å²) in [5.74, 6) is 1.90. The third-order valence-electron chi connectivity index (χ3n) is 2.34. The normalized spacial score (nSPS) is 15.4. The van der Waals surface area contributed by atoms with E-state index in [0.717, 1.165) is 12.3 Å². The summed E-state index contributed by atoms with van der Waals surface area (Å²) in [6, 6.07) is 4.57. The van der Waals surface area contributed by atoms with Gasteiger partial charge in [-0.2, -0.15) is 11.8 Å². The van der Waals surface area contributed by atoms with Crippen LogP contribution in [-0.4, -0.2) is 11.8 Å². The Morgan fingerprint density at radius 3 is 2.56 bits per heavy atom. The Morgan fingerprint density at radius 2 is 2.12 bits per heavy atom. The molecule has 0 aromatic carbocycles. The Bertz CT molecular complexity index is 312. The standard InChI is InChI=1S/C12H20BrNS2/c1-4-9(14)12(15-7-8(2)3)10-5-6-11(13)16-10/h5-6,8-9,12H,4,7,14H2,1-3H3.